The van der Waals surface area contributed by atoms with Crippen molar-refractivity contribution in [1.82, 2.24) is 0 Å². The number of nitriles is 3. The molecule has 24 heavy (non-hydrogen) atoms. The molecule has 0 N–H and O–H groups in total. The van der Waals surface area contributed by atoms with Crippen molar-refractivity contribution in [3.8, 4) is 29.3 Å². The predicted octanol–water partition coefficient (Wildman–Crippen LogP) is 2.59. The van der Waals surface area contributed by atoms with Gasteiger partial charge < -0.3 is 0 Å². The molecule has 0 spiro atoms. The lowest BCUT2D eigenvalue weighted by molar-refractivity contribution is -0.392. The number of nitro groups is 2. The third-order valence-electron chi connectivity index (χ3n) is 3.08. The fourth-order valence-electron chi connectivity index (χ4n) is 2.07. The minimum atomic E-state index is -0.895. The molecule has 113 valence electrons. The number of hydrogen-bond donors (Lipinski definition) is 0. The quantitative estimate of drug-likeness (QED) is 0.621. The standard InChI is InChI=1S/C15H4N5O4/c16-6-9-3-13(19(21)22)15(14(4-9)20(23)24)10-1-2-11(7-17)12(5-10)8-18/h1-3,5H. The first kappa shape index (κ1) is 16.1. The fraction of sp³-hybridized carbons (Fsp3) is 0. The van der Waals surface area contributed by atoms with Gasteiger partial charge in [-0.25, -0.2) is 0 Å². The van der Waals surface area contributed by atoms with Crippen molar-refractivity contribution < 1.29 is 9.85 Å². The molecule has 2 rings (SSSR count). The molecule has 0 heterocycles. The molecule has 0 atom stereocenters. The van der Waals surface area contributed by atoms with Crippen LogP contribution in [0.5, 0.6) is 0 Å². The summed E-state index contributed by atoms with van der Waals surface area (Å²) in [6, 6.07) is 11.8. The monoisotopic (exact) mass is 318 g/mol. The third-order valence-corrected chi connectivity index (χ3v) is 3.08. The van der Waals surface area contributed by atoms with Gasteiger partial charge in [0.2, 0.25) is 0 Å². The van der Waals surface area contributed by atoms with Gasteiger partial charge in [-0.1, -0.05) is 6.07 Å². The zero-order chi connectivity index (χ0) is 17.9. The summed E-state index contributed by atoms with van der Waals surface area (Å²) in [6.07, 6.45) is 0. The Bertz CT molecular complexity index is 973. The molecule has 0 unspecified atom stereocenters. The average molecular weight is 318 g/mol. The van der Waals surface area contributed by atoms with Crippen LogP contribution >= 0.6 is 0 Å². The highest BCUT2D eigenvalue weighted by Gasteiger charge is 2.29. The molecular weight excluding hydrogens is 314 g/mol. The normalized spacial score (nSPS) is 9.38. The Hall–Kier alpha value is -4.29. The van der Waals surface area contributed by atoms with Crippen LogP contribution in [0.1, 0.15) is 16.7 Å². The van der Waals surface area contributed by atoms with Gasteiger partial charge in [0.25, 0.3) is 11.4 Å². The second-order valence-electron chi connectivity index (χ2n) is 4.40. The van der Waals surface area contributed by atoms with Crippen molar-refractivity contribution in [3.63, 3.8) is 0 Å². The maximum absolute atomic E-state index is 11.3. The summed E-state index contributed by atoms with van der Waals surface area (Å²) in [5, 5.41) is 49.3. The van der Waals surface area contributed by atoms with Crippen molar-refractivity contribution in [2.75, 3.05) is 0 Å². The summed E-state index contributed by atoms with van der Waals surface area (Å²) in [5.74, 6) is 0. The Kier molecular flexibility index (Phi) is 4.17. The molecule has 0 aliphatic rings. The van der Waals surface area contributed by atoms with E-state index in [0.29, 0.717) is 0 Å². The zero-order valence-electron chi connectivity index (χ0n) is 11.7. The molecule has 0 fully saturated rings. The first-order chi connectivity index (χ1) is 11.4. The largest absolute Gasteiger partial charge is 0.293 e. The lowest BCUT2D eigenvalue weighted by Crippen LogP contribution is -2.00. The van der Waals surface area contributed by atoms with Crippen LogP contribution in [0.2, 0.25) is 0 Å². The number of nitro benzene ring substituents is 2. The van der Waals surface area contributed by atoms with Gasteiger partial charge in [-0.2, -0.15) is 15.8 Å². The molecule has 2 aromatic rings. The lowest BCUT2D eigenvalue weighted by Gasteiger charge is -2.06. The Labute approximate surface area is 134 Å². The third kappa shape index (κ3) is 2.71. The Morgan fingerprint density at radius 3 is 2.08 bits per heavy atom. The summed E-state index contributed by atoms with van der Waals surface area (Å²) < 4.78 is 0. The first-order valence-electron chi connectivity index (χ1n) is 6.16. The highest BCUT2D eigenvalue weighted by molar-refractivity contribution is 5.84. The van der Waals surface area contributed by atoms with Gasteiger partial charge in [0.05, 0.1) is 32.6 Å². The molecule has 9 heteroatoms. The van der Waals surface area contributed by atoms with E-state index in [4.69, 9.17) is 15.8 Å². The van der Waals surface area contributed by atoms with E-state index in [1.54, 1.807) is 18.2 Å². The van der Waals surface area contributed by atoms with Gasteiger partial charge in [0.15, 0.2) is 0 Å². The summed E-state index contributed by atoms with van der Waals surface area (Å²) >= 11 is 0. The van der Waals surface area contributed by atoms with Crippen LogP contribution in [0.4, 0.5) is 11.4 Å². The molecule has 0 saturated carbocycles. The van der Waals surface area contributed by atoms with E-state index in [-0.39, 0.29) is 27.8 Å². The number of rotatable bonds is 3. The van der Waals surface area contributed by atoms with E-state index in [9.17, 15) is 20.2 Å². The number of nitrogens with zero attached hydrogens (tertiary/aromatic N) is 5. The molecule has 9 nitrogen and oxygen atoms in total. The second kappa shape index (κ2) is 6.22. The van der Waals surface area contributed by atoms with E-state index < -0.39 is 21.2 Å². The van der Waals surface area contributed by atoms with Crippen LogP contribution in [-0.4, -0.2) is 9.85 Å². The molecule has 0 aromatic heterocycles. The van der Waals surface area contributed by atoms with Crippen LogP contribution in [0, 0.1) is 60.3 Å². The summed E-state index contributed by atoms with van der Waals surface area (Å²) in [7, 11) is 0. The van der Waals surface area contributed by atoms with Crippen LogP contribution in [-0.2, 0) is 0 Å². The SMILES string of the molecule is N#Cc1[c]c([N+](=O)[O-])c(-c2ccc(C#N)c(C#N)c2)c([N+](=O)[O-])c1. The molecule has 0 bridgehead atoms. The van der Waals surface area contributed by atoms with E-state index in [0.717, 1.165) is 12.1 Å². The van der Waals surface area contributed by atoms with Crippen LogP contribution in [0.15, 0.2) is 24.3 Å². The fourth-order valence-corrected chi connectivity index (χ4v) is 2.07. The molecule has 0 saturated heterocycles. The highest BCUT2D eigenvalue weighted by atomic mass is 16.6. The zero-order valence-corrected chi connectivity index (χ0v) is 11.7. The van der Waals surface area contributed by atoms with Crippen molar-refractivity contribution in [1.29, 1.82) is 15.8 Å². The highest BCUT2D eigenvalue weighted by Crippen LogP contribution is 2.39. The summed E-state index contributed by atoms with van der Waals surface area (Å²) in [5.41, 5.74) is -2.20. The van der Waals surface area contributed by atoms with Crippen LogP contribution in [0.25, 0.3) is 11.1 Å². The van der Waals surface area contributed by atoms with Crippen molar-refractivity contribution in [2.45, 2.75) is 0 Å². The van der Waals surface area contributed by atoms with Gasteiger partial charge in [-0.3, -0.25) is 20.2 Å². The number of benzene rings is 2. The van der Waals surface area contributed by atoms with Crippen molar-refractivity contribution in [3.05, 3.63) is 67.3 Å². The predicted molar refractivity (Wildman–Crippen MR) is 78.2 cm³/mol. The van der Waals surface area contributed by atoms with Gasteiger partial charge in [0, 0.05) is 6.07 Å². The molecular formula is C15H4N5O4. The Morgan fingerprint density at radius 1 is 0.917 bits per heavy atom. The minimum absolute atomic E-state index is 0.00434. The molecule has 1 radical (unpaired) electrons. The first-order valence-corrected chi connectivity index (χ1v) is 6.16. The van der Waals surface area contributed by atoms with Crippen LogP contribution in [0.3, 0.4) is 0 Å². The van der Waals surface area contributed by atoms with Crippen LogP contribution < -0.4 is 0 Å². The van der Waals surface area contributed by atoms with Crippen molar-refractivity contribution in [2.24, 2.45) is 0 Å². The average Bonchev–Trinajstić information content (AvgIpc) is 2.59. The minimum Gasteiger partial charge on any atom is -0.258 e. The lowest BCUT2D eigenvalue weighted by atomic mass is 9.96. The Balaban J connectivity index is 2.91. The van der Waals surface area contributed by atoms with Gasteiger partial charge in [-0.05, 0) is 17.7 Å². The maximum atomic E-state index is 11.3. The topological polar surface area (TPSA) is 158 Å². The Morgan fingerprint density at radius 2 is 1.58 bits per heavy atom. The molecule has 0 aliphatic carbocycles. The second-order valence-corrected chi connectivity index (χ2v) is 4.40. The number of hydrogen-bond acceptors (Lipinski definition) is 7. The van der Waals surface area contributed by atoms with Gasteiger partial charge in [-0.15, -0.1) is 0 Å². The van der Waals surface area contributed by atoms with E-state index in [2.05, 4.69) is 6.07 Å². The van der Waals surface area contributed by atoms with E-state index in [1.807, 2.05) is 0 Å². The molecule has 2 aromatic carbocycles. The summed E-state index contributed by atoms with van der Waals surface area (Å²) in [4.78, 5) is 20.7. The summed E-state index contributed by atoms with van der Waals surface area (Å²) in [6.45, 7) is 0. The van der Waals surface area contributed by atoms with E-state index in [1.165, 1.54) is 12.1 Å². The molecule has 0 aliphatic heterocycles. The van der Waals surface area contributed by atoms with E-state index >= 15 is 0 Å². The maximum Gasteiger partial charge on any atom is 0.293 e. The van der Waals surface area contributed by atoms with Gasteiger partial charge >= 0.3 is 0 Å². The molecule has 0 amide bonds. The smallest absolute Gasteiger partial charge is 0.258 e. The van der Waals surface area contributed by atoms with Gasteiger partial charge in [0.1, 0.15) is 23.8 Å². The van der Waals surface area contributed by atoms with Crippen molar-refractivity contribution >= 4 is 11.4 Å².